The molecule has 0 bridgehead atoms. The molecule has 0 aliphatic heterocycles. The number of aryl methyl sites for hydroxylation is 1. The Hall–Kier alpha value is -1.64. The highest BCUT2D eigenvalue weighted by Crippen LogP contribution is 2.29. The molecule has 2 rings (SSSR count). The maximum absolute atomic E-state index is 13.7. The third kappa shape index (κ3) is 3.34. The van der Waals surface area contributed by atoms with Crippen LogP contribution in [-0.2, 0) is 16.6 Å². The topological polar surface area (TPSA) is 81.4 Å². The molecule has 1 heterocycles. The normalized spacial score (nSPS) is 11.4. The van der Waals surface area contributed by atoms with E-state index in [1.54, 1.807) is 6.92 Å². The van der Waals surface area contributed by atoms with E-state index in [4.69, 9.17) is 10.5 Å². The van der Waals surface area contributed by atoms with Crippen LogP contribution >= 0.6 is 11.3 Å². The van der Waals surface area contributed by atoms with Crippen molar-refractivity contribution in [3.05, 3.63) is 40.5 Å². The number of anilines is 1. The van der Waals surface area contributed by atoms with Gasteiger partial charge in [-0.1, -0.05) is 0 Å². The zero-order chi connectivity index (χ0) is 15.6. The summed E-state index contributed by atoms with van der Waals surface area (Å²) in [5.41, 5.74) is 6.18. The number of methoxy groups -OCH3 is 1. The van der Waals surface area contributed by atoms with Crippen molar-refractivity contribution in [1.82, 2.24) is 0 Å². The standard InChI is InChI=1S/C13H15FN2O3S2/c1-8-5-13(20-12(8)7-15)21(17,18)16-11-6-9(19-2)3-4-10(11)14/h3-6,16H,7,15H2,1-2H3. The molecule has 0 unspecified atom stereocenters. The van der Waals surface area contributed by atoms with Crippen molar-refractivity contribution in [2.75, 3.05) is 11.8 Å². The second-order valence-electron chi connectivity index (χ2n) is 4.33. The Kier molecular flexibility index (Phi) is 4.50. The van der Waals surface area contributed by atoms with Gasteiger partial charge >= 0.3 is 0 Å². The minimum Gasteiger partial charge on any atom is -0.497 e. The number of rotatable bonds is 5. The van der Waals surface area contributed by atoms with Gasteiger partial charge in [-0.15, -0.1) is 11.3 Å². The summed E-state index contributed by atoms with van der Waals surface area (Å²) in [6, 6.07) is 5.36. The molecule has 2 aromatic rings. The SMILES string of the molecule is COc1ccc(F)c(NS(=O)(=O)c2cc(C)c(CN)s2)c1. The largest absolute Gasteiger partial charge is 0.497 e. The summed E-state index contributed by atoms with van der Waals surface area (Å²) in [4.78, 5) is 0.779. The van der Waals surface area contributed by atoms with Crippen molar-refractivity contribution < 1.29 is 17.5 Å². The highest BCUT2D eigenvalue weighted by atomic mass is 32.2. The van der Waals surface area contributed by atoms with E-state index in [1.807, 2.05) is 0 Å². The number of hydrogen-bond acceptors (Lipinski definition) is 5. The Balaban J connectivity index is 2.37. The lowest BCUT2D eigenvalue weighted by Crippen LogP contribution is -2.12. The van der Waals surface area contributed by atoms with Crippen LogP contribution in [0.25, 0.3) is 0 Å². The Morgan fingerprint density at radius 2 is 2.10 bits per heavy atom. The molecule has 1 aromatic carbocycles. The van der Waals surface area contributed by atoms with Crippen LogP contribution in [0.4, 0.5) is 10.1 Å². The number of hydrogen-bond donors (Lipinski definition) is 2. The summed E-state index contributed by atoms with van der Waals surface area (Å²) in [7, 11) is -2.44. The molecule has 0 aliphatic rings. The first-order valence-electron chi connectivity index (χ1n) is 6.03. The van der Waals surface area contributed by atoms with Crippen molar-refractivity contribution in [1.29, 1.82) is 0 Å². The zero-order valence-corrected chi connectivity index (χ0v) is 13.1. The molecular formula is C13H15FN2O3S2. The highest BCUT2D eigenvalue weighted by Gasteiger charge is 2.20. The van der Waals surface area contributed by atoms with E-state index in [0.29, 0.717) is 5.75 Å². The summed E-state index contributed by atoms with van der Waals surface area (Å²) in [6.07, 6.45) is 0. The van der Waals surface area contributed by atoms with Crippen molar-refractivity contribution in [3.63, 3.8) is 0 Å². The quantitative estimate of drug-likeness (QED) is 0.882. The maximum atomic E-state index is 13.7. The summed E-state index contributed by atoms with van der Waals surface area (Å²) in [5, 5.41) is 0. The molecule has 0 saturated carbocycles. The lowest BCUT2D eigenvalue weighted by molar-refractivity contribution is 0.414. The molecular weight excluding hydrogens is 315 g/mol. The van der Waals surface area contributed by atoms with E-state index in [9.17, 15) is 12.8 Å². The molecule has 114 valence electrons. The van der Waals surface area contributed by atoms with E-state index in [1.165, 1.54) is 25.3 Å². The molecule has 5 nitrogen and oxygen atoms in total. The van der Waals surface area contributed by atoms with Crippen molar-refractivity contribution in [2.45, 2.75) is 17.7 Å². The van der Waals surface area contributed by atoms with E-state index >= 15 is 0 Å². The Morgan fingerprint density at radius 3 is 2.67 bits per heavy atom. The average molecular weight is 330 g/mol. The third-order valence-electron chi connectivity index (χ3n) is 2.87. The predicted molar refractivity (Wildman–Crippen MR) is 80.7 cm³/mol. The number of halogens is 1. The average Bonchev–Trinajstić information content (AvgIpc) is 2.83. The molecule has 0 spiro atoms. The number of sulfonamides is 1. The van der Waals surface area contributed by atoms with Crippen LogP contribution in [0.1, 0.15) is 10.4 Å². The van der Waals surface area contributed by atoms with Crippen LogP contribution < -0.4 is 15.2 Å². The van der Waals surface area contributed by atoms with E-state index in [2.05, 4.69) is 4.72 Å². The number of thiophene rings is 1. The molecule has 0 amide bonds. The summed E-state index contributed by atoms with van der Waals surface area (Å²) in [6.45, 7) is 2.05. The van der Waals surface area contributed by atoms with Crippen LogP contribution in [-0.4, -0.2) is 15.5 Å². The van der Waals surface area contributed by atoms with Gasteiger partial charge in [-0.25, -0.2) is 12.8 Å². The first kappa shape index (κ1) is 15.7. The van der Waals surface area contributed by atoms with E-state index in [-0.39, 0.29) is 16.4 Å². The van der Waals surface area contributed by atoms with Gasteiger partial charge in [0.05, 0.1) is 12.8 Å². The van der Waals surface area contributed by atoms with Gasteiger partial charge in [-0.2, -0.15) is 0 Å². The highest BCUT2D eigenvalue weighted by molar-refractivity contribution is 7.94. The second-order valence-corrected chi connectivity index (χ2v) is 7.37. The second kappa shape index (κ2) is 6.00. The fourth-order valence-electron chi connectivity index (χ4n) is 1.73. The van der Waals surface area contributed by atoms with Crippen LogP contribution in [0.15, 0.2) is 28.5 Å². The smallest absolute Gasteiger partial charge is 0.271 e. The first-order valence-corrected chi connectivity index (χ1v) is 8.33. The number of ether oxygens (including phenoxy) is 1. The molecule has 3 N–H and O–H groups in total. The fraction of sp³-hybridized carbons (Fsp3) is 0.231. The summed E-state index contributed by atoms with van der Waals surface area (Å²) in [5.74, 6) is -0.314. The monoisotopic (exact) mass is 330 g/mol. The van der Waals surface area contributed by atoms with Gasteiger partial charge < -0.3 is 10.5 Å². The summed E-state index contributed by atoms with van der Waals surface area (Å²) >= 11 is 1.07. The predicted octanol–water partition coefficient (Wildman–Crippen LogP) is 2.46. The molecule has 0 saturated heterocycles. The van der Waals surface area contributed by atoms with Gasteiger partial charge in [0.1, 0.15) is 15.8 Å². The van der Waals surface area contributed by atoms with Gasteiger partial charge in [0.2, 0.25) is 0 Å². The molecule has 21 heavy (non-hydrogen) atoms. The maximum Gasteiger partial charge on any atom is 0.271 e. The minimum atomic E-state index is -3.86. The lowest BCUT2D eigenvalue weighted by atomic mass is 10.3. The Bertz CT molecular complexity index is 757. The van der Waals surface area contributed by atoms with E-state index < -0.39 is 15.8 Å². The molecule has 1 aromatic heterocycles. The Labute approximate surface area is 126 Å². The van der Waals surface area contributed by atoms with Crippen LogP contribution in [0, 0.1) is 12.7 Å². The van der Waals surface area contributed by atoms with Crippen LogP contribution in [0.2, 0.25) is 0 Å². The Morgan fingerprint density at radius 1 is 1.38 bits per heavy atom. The molecule has 0 fully saturated rings. The molecule has 0 aliphatic carbocycles. The number of benzene rings is 1. The fourth-order valence-corrected chi connectivity index (χ4v) is 4.25. The first-order chi connectivity index (χ1) is 9.87. The summed E-state index contributed by atoms with van der Waals surface area (Å²) < 4.78 is 45.6. The van der Waals surface area contributed by atoms with E-state index in [0.717, 1.165) is 27.8 Å². The van der Waals surface area contributed by atoms with Gasteiger partial charge in [-0.3, -0.25) is 4.72 Å². The van der Waals surface area contributed by atoms with Gasteiger partial charge in [0, 0.05) is 17.5 Å². The van der Waals surface area contributed by atoms with Crippen molar-refractivity contribution in [3.8, 4) is 5.75 Å². The van der Waals surface area contributed by atoms with Gasteiger partial charge in [0.25, 0.3) is 10.0 Å². The molecule has 0 radical (unpaired) electrons. The third-order valence-corrected chi connectivity index (χ3v) is 5.96. The molecule has 0 atom stereocenters. The number of nitrogens with two attached hydrogens (primary N) is 1. The van der Waals surface area contributed by atoms with Crippen molar-refractivity contribution in [2.24, 2.45) is 5.73 Å². The zero-order valence-electron chi connectivity index (χ0n) is 11.5. The minimum absolute atomic E-state index is 0.0997. The number of nitrogens with one attached hydrogen (secondary N) is 1. The van der Waals surface area contributed by atoms with Gasteiger partial charge in [0.15, 0.2) is 0 Å². The van der Waals surface area contributed by atoms with Crippen LogP contribution in [0.3, 0.4) is 0 Å². The molecule has 8 heteroatoms. The lowest BCUT2D eigenvalue weighted by Gasteiger charge is -2.09. The van der Waals surface area contributed by atoms with Crippen LogP contribution in [0.5, 0.6) is 5.75 Å². The van der Waals surface area contributed by atoms with Crippen molar-refractivity contribution >= 4 is 27.0 Å². The van der Waals surface area contributed by atoms with Gasteiger partial charge in [-0.05, 0) is 30.7 Å².